The van der Waals surface area contributed by atoms with Crippen LogP contribution in [0, 0.1) is 0 Å². The molecule has 0 spiro atoms. The van der Waals surface area contributed by atoms with E-state index >= 15 is 0 Å². The van der Waals surface area contributed by atoms with Gasteiger partial charge in [-0.1, -0.05) is 12.1 Å². The van der Waals surface area contributed by atoms with E-state index in [1.807, 2.05) is 18.2 Å². The van der Waals surface area contributed by atoms with E-state index in [2.05, 4.69) is 0 Å². The molecule has 1 saturated carbocycles. The van der Waals surface area contributed by atoms with Gasteiger partial charge in [-0.3, -0.25) is 0 Å². The summed E-state index contributed by atoms with van der Waals surface area (Å²) < 4.78 is 22.5. The molecule has 0 amide bonds. The molecule has 0 radical (unpaired) electrons. The lowest BCUT2D eigenvalue weighted by atomic mass is 10.1. The third-order valence-electron chi connectivity index (χ3n) is 2.62. The van der Waals surface area contributed by atoms with E-state index in [4.69, 9.17) is 5.73 Å². The molecule has 2 N–H and O–H groups in total. The first-order valence-electron chi connectivity index (χ1n) is 4.53. The highest BCUT2D eigenvalue weighted by molar-refractivity contribution is 7.91. The van der Waals surface area contributed by atoms with Crippen molar-refractivity contribution in [3.8, 4) is 0 Å². The molecule has 1 aromatic carbocycles. The largest absolute Gasteiger partial charge is 0.399 e. The quantitative estimate of drug-likeness (QED) is 0.747. The predicted molar refractivity (Wildman–Crippen MR) is 56.8 cm³/mol. The van der Waals surface area contributed by atoms with Gasteiger partial charge in [0.1, 0.15) is 0 Å². The van der Waals surface area contributed by atoms with Gasteiger partial charge in [0, 0.05) is 17.9 Å². The number of nitrogen functional groups attached to an aromatic ring is 1. The van der Waals surface area contributed by atoms with Gasteiger partial charge in [-0.25, -0.2) is 8.42 Å². The minimum Gasteiger partial charge on any atom is -0.399 e. The Morgan fingerprint density at radius 3 is 2.64 bits per heavy atom. The van der Waals surface area contributed by atoms with Crippen molar-refractivity contribution in [3.05, 3.63) is 29.8 Å². The molecular formula is C10H13NO2S. The first-order chi connectivity index (χ1) is 6.48. The maximum Gasteiger partial charge on any atom is 0.150 e. The average molecular weight is 211 g/mol. The molecule has 2 atom stereocenters. The molecule has 1 fully saturated rings. The fourth-order valence-corrected chi connectivity index (χ4v) is 3.10. The molecule has 0 saturated heterocycles. The van der Waals surface area contributed by atoms with E-state index < -0.39 is 9.84 Å². The summed E-state index contributed by atoms with van der Waals surface area (Å²) in [5.74, 6) is 0.161. The molecule has 0 heterocycles. The van der Waals surface area contributed by atoms with E-state index in [0.717, 1.165) is 12.0 Å². The summed E-state index contributed by atoms with van der Waals surface area (Å²) in [6.45, 7) is 0. The lowest BCUT2D eigenvalue weighted by Crippen LogP contribution is -2.05. The maximum absolute atomic E-state index is 11.2. The maximum atomic E-state index is 11.2. The van der Waals surface area contributed by atoms with Gasteiger partial charge in [0.15, 0.2) is 9.84 Å². The third-order valence-corrected chi connectivity index (χ3v) is 4.24. The van der Waals surface area contributed by atoms with Crippen LogP contribution in [0.1, 0.15) is 17.9 Å². The monoisotopic (exact) mass is 211 g/mol. The summed E-state index contributed by atoms with van der Waals surface area (Å²) in [5.41, 5.74) is 7.37. The molecule has 1 aliphatic carbocycles. The van der Waals surface area contributed by atoms with Crippen molar-refractivity contribution in [2.24, 2.45) is 0 Å². The molecule has 3 nitrogen and oxygen atoms in total. The molecule has 2 rings (SSSR count). The zero-order chi connectivity index (χ0) is 10.3. The first-order valence-corrected chi connectivity index (χ1v) is 6.48. The lowest BCUT2D eigenvalue weighted by Gasteiger charge is -2.00. The number of sulfone groups is 1. The number of anilines is 1. The van der Waals surface area contributed by atoms with Gasteiger partial charge < -0.3 is 5.73 Å². The number of nitrogens with two attached hydrogens (primary N) is 1. The Bertz CT molecular complexity index is 453. The van der Waals surface area contributed by atoms with Gasteiger partial charge in [-0.2, -0.15) is 0 Å². The summed E-state index contributed by atoms with van der Waals surface area (Å²) in [4.78, 5) is 0. The van der Waals surface area contributed by atoms with Crippen molar-refractivity contribution >= 4 is 15.5 Å². The van der Waals surface area contributed by atoms with E-state index in [1.54, 1.807) is 6.07 Å². The molecule has 4 heteroatoms. The van der Waals surface area contributed by atoms with Gasteiger partial charge in [0.2, 0.25) is 0 Å². The Labute approximate surface area is 83.9 Å². The van der Waals surface area contributed by atoms with Crippen molar-refractivity contribution < 1.29 is 8.42 Å². The normalized spacial score (nSPS) is 26.1. The third kappa shape index (κ3) is 1.75. The van der Waals surface area contributed by atoms with E-state index in [9.17, 15) is 8.42 Å². The lowest BCUT2D eigenvalue weighted by molar-refractivity contribution is 0.600. The Morgan fingerprint density at radius 2 is 2.14 bits per heavy atom. The number of benzene rings is 1. The number of hydrogen-bond donors (Lipinski definition) is 1. The van der Waals surface area contributed by atoms with Crippen LogP contribution in [0.2, 0.25) is 0 Å². The fourth-order valence-electron chi connectivity index (χ4n) is 1.79. The SMILES string of the molecule is CS(=O)(=O)C1CC1c1cccc(N)c1. The molecule has 14 heavy (non-hydrogen) atoms. The molecule has 1 aromatic rings. The van der Waals surface area contributed by atoms with Gasteiger partial charge in [-0.05, 0) is 24.1 Å². The minimum atomic E-state index is -2.88. The van der Waals surface area contributed by atoms with Crippen molar-refractivity contribution in [2.45, 2.75) is 17.6 Å². The standard InChI is InChI=1S/C10H13NO2S/c1-14(12,13)10-6-9(10)7-3-2-4-8(11)5-7/h2-5,9-10H,6,11H2,1H3. The summed E-state index contributed by atoms with van der Waals surface area (Å²) in [6, 6.07) is 7.46. The Kier molecular flexibility index (Phi) is 2.03. The second kappa shape index (κ2) is 2.98. The van der Waals surface area contributed by atoms with Gasteiger partial charge in [0.05, 0.1) is 5.25 Å². The van der Waals surface area contributed by atoms with Crippen LogP contribution in [0.15, 0.2) is 24.3 Å². The molecule has 0 bridgehead atoms. The van der Waals surface area contributed by atoms with E-state index in [0.29, 0.717) is 5.69 Å². The topological polar surface area (TPSA) is 60.2 Å². The summed E-state index contributed by atoms with van der Waals surface area (Å²) >= 11 is 0. The molecule has 2 unspecified atom stereocenters. The van der Waals surface area contributed by atoms with Crippen LogP contribution >= 0.6 is 0 Å². The van der Waals surface area contributed by atoms with Crippen molar-refractivity contribution in [1.82, 2.24) is 0 Å². The van der Waals surface area contributed by atoms with Crippen LogP contribution in [-0.4, -0.2) is 19.9 Å². The van der Waals surface area contributed by atoms with Crippen LogP contribution < -0.4 is 5.73 Å². The molecule has 76 valence electrons. The average Bonchev–Trinajstić information content (AvgIpc) is 2.81. The smallest absolute Gasteiger partial charge is 0.150 e. The molecular weight excluding hydrogens is 198 g/mol. The Morgan fingerprint density at radius 1 is 1.43 bits per heavy atom. The Hall–Kier alpha value is -1.03. The van der Waals surface area contributed by atoms with Gasteiger partial charge in [-0.15, -0.1) is 0 Å². The van der Waals surface area contributed by atoms with E-state index in [1.165, 1.54) is 6.26 Å². The van der Waals surface area contributed by atoms with Crippen LogP contribution in [-0.2, 0) is 9.84 Å². The molecule has 0 aliphatic heterocycles. The summed E-state index contributed by atoms with van der Waals surface area (Å²) in [7, 11) is -2.88. The predicted octanol–water partition coefficient (Wildman–Crippen LogP) is 1.17. The van der Waals surface area contributed by atoms with Crippen molar-refractivity contribution in [1.29, 1.82) is 0 Å². The van der Waals surface area contributed by atoms with Crippen LogP contribution in [0.3, 0.4) is 0 Å². The molecule has 1 aliphatic rings. The van der Waals surface area contributed by atoms with Crippen LogP contribution in [0.25, 0.3) is 0 Å². The Balaban J connectivity index is 2.22. The van der Waals surface area contributed by atoms with Crippen LogP contribution in [0.4, 0.5) is 5.69 Å². The summed E-state index contributed by atoms with van der Waals surface area (Å²) in [5, 5.41) is -0.190. The van der Waals surface area contributed by atoms with E-state index in [-0.39, 0.29) is 11.2 Å². The second-order valence-electron chi connectivity index (χ2n) is 3.88. The second-order valence-corrected chi connectivity index (χ2v) is 6.14. The zero-order valence-electron chi connectivity index (χ0n) is 7.97. The zero-order valence-corrected chi connectivity index (χ0v) is 8.79. The number of rotatable bonds is 2. The van der Waals surface area contributed by atoms with Gasteiger partial charge in [0.25, 0.3) is 0 Å². The van der Waals surface area contributed by atoms with Gasteiger partial charge >= 0.3 is 0 Å². The van der Waals surface area contributed by atoms with Crippen molar-refractivity contribution in [3.63, 3.8) is 0 Å². The highest BCUT2D eigenvalue weighted by atomic mass is 32.2. The number of hydrogen-bond acceptors (Lipinski definition) is 3. The van der Waals surface area contributed by atoms with Crippen molar-refractivity contribution in [2.75, 3.05) is 12.0 Å². The minimum absolute atomic E-state index is 0.161. The highest BCUT2D eigenvalue weighted by Crippen LogP contribution is 2.45. The van der Waals surface area contributed by atoms with Crippen LogP contribution in [0.5, 0.6) is 0 Å². The summed E-state index contributed by atoms with van der Waals surface area (Å²) in [6.07, 6.45) is 2.03. The highest BCUT2D eigenvalue weighted by Gasteiger charge is 2.45. The first kappa shape index (κ1) is 9.52. The molecule has 0 aromatic heterocycles. The fraction of sp³-hybridized carbons (Fsp3) is 0.400.